The molecule has 7 rings (SSSR count). The van der Waals surface area contributed by atoms with Crippen LogP contribution in [0.15, 0.2) is 146 Å². The summed E-state index contributed by atoms with van der Waals surface area (Å²) >= 11 is 0. The molecule has 0 aliphatic heterocycles. The molecule has 7 aromatic carbocycles. The van der Waals surface area contributed by atoms with Gasteiger partial charge in [-0.2, -0.15) is 0 Å². The fraction of sp³-hybridized carbons (Fsp3) is 0.364. The van der Waals surface area contributed by atoms with Crippen molar-refractivity contribution >= 4 is 0 Å². The van der Waals surface area contributed by atoms with Crippen molar-refractivity contribution in [2.45, 2.75) is 119 Å². The molecule has 0 fully saturated rings. The minimum atomic E-state index is 0.651. The van der Waals surface area contributed by atoms with Gasteiger partial charge in [-0.05, 0) is 258 Å². The average Bonchev–Trinajstić information content (AvgIpc) is 3.40. The molecule has 72 heavy (non-hydrogen) atoms. The van der Waals surface area contributed by atoms with E-state index >= 15 is 0 Å². The zero-order valence-electron chi connectivity index (χ0n) is 44.0. The Hall–Kier alpha value is -6.66. The zero-order chi connectivity index (χ0) is 50.3. The Morgan fingerprint density at radius 3 is 0.417 bits per heavy atom. The number of rotatable bonds is 30. The molecule has 0 unspecified atom stereocenters. The van der Waals surface area contributed by atoms with Gasteiger partial charge in [0, 0.05) is 0 Å². The van der Waals surface area contributed by atoms with E-state index in [1.165, 1.54) is 66.8 Å². The van der Waals surface area contributed by atoms with Crippen LogP contribution in [0.5, 0.6) is 34.5 Å². The van der Waals surface area contributed by atoms with Crippen LogP contribution in [0.25, 0.3) is 0 Å². The third-order valence-electron chi connectivity index (χ3n) is 13.6. The average molecular weight is 967 g/mol. The first kappa shape index (κ1) is 53.1. The third kappa shape index (κ3) is 15.7. The molecule has 0 heterocycles. The van der Waals surface area contributed by atoms with Crippen LogP contribution in [0.1, 0.15) is 108 Å². The standard InChI is InChI=1S/C66H78O6/c1-7-67-55-31-13-49(14-32-55)25-43-61-62(44-26-50-15-33-56(34-16-50)68-8-2)64(46-28-52-19-37-58(38-20-52)70-10-4)66(48-30-54-23-41-60(42-24-54)72-12-6)65(47-29-53-21-39-59(40-22-53)71-11-5)63(61)45-27-51-17-35-57(36-18-51)69-9-3/h13-24,31-42H,7-12,25-30,43-48H2,1-6H3. The molecule has 0 radical (unpaired) electrons. The molecule has 0 aliphatic carbocycles. The van der Waals surface area contributed by atoms with Gasteiger partial charge in [-0.15, -0.1) is 0 Å². The second kappa shape index (κ2) is 28.4. The molecule has 7 aromatic rings. The van der Waals surface area contributed by atoms with Gasteiger partial charge < -0.3 is 28.4 Å². The summed E-state index contributed by atoms with van der Waals surface area (Å²) in [5.74, 6) is 5.49. The highest BCUT2D eigenvalue weighted by molar-refractivity contribution is 5.55. The molecule has 0 amide bonds. The van der Waals surface area contributed by atoms with Crippen LogP contribution in [0.3, 0.4) is 0 Å². The Labute approximate surface area is 431 Å². The van der Waals surface area contributed by atoms with E-state index in [1.807, 2.05) is 41.5 Å². The van der Waals surface area contributed by atoms with E-state index < -0.39 is 0 Å². The normalized spacial score (nSPS) is 11.1. The predicted molar refractivity (Wildman–Crippen MR) is 297 cm³/mol. The van der Waals surface area contributed by atoms with Gasteiger partial charge in [0.2, 0.25) is 0 Å². The highest BCUT2D eigenvalue weighted by Crippen LogP contribution is 2.36. The van der Waals surface area contributed by atoms with Crippen molar-refractivity contribution < 1.29 is 28.4 Å². The lowest BCUT2D eigenvalue weighted by molar-refractivity contribution is 0.340. The number of benzene rings is 7. The minimum absolute atomic E-state index is 0.651. The van der Waals surface area contributed by atoms with Gasteiger partial charge in [0.25, 0.3) is 0 Å². The third-order valence-corrected chi connectivity index (χ3v) is 13.6. The second-order valence-corrected chi connectivity index (χ2v) is 18.3. The predicted octanol–water partition coefficient (Wildman–Crippen LogP) is 14.8. The zero-order valence-corrected chi connectivity index (χ0v) is 44.0. The Bertz CT molecular complexity index is 2150. The quantitative estimate of drug-likeness (QED) is 0.0448. The minimum Gasteiger partial charge on any atom is -0.494 e. The summed E-state index contributed by atoms with van der Waals surface area (Å²) in [5.41, 5.74) is 17.0. The van der Waals surface area contributed by atoms with Crippen LogP contribution < -0.4 is 28.4 Å². The first-order valence-corrected chi connectivity index (χ1v) is 26.9. The molecule has 0 atom stereocenters. The first-order valence-electron chi connectivity index (χ1n) is 26.9. The van der Waals surface area contributed by atoms with E-state index in [4.69, 9.17) is 28.4 Å². The molecule has 6 heteroatoms. The van der Waals surface area contributed by atoms with Gasteiger partial charge in [-0.25, -0.2) is 0 Å². The molecule has 0 saturated carbocycles. The van der Waals surface area contributed by atoms with Gasteiger partial charge in [0.1, 0.15) is 34.5 Å². The summed E-state index contributed by atoms with van der Waals surface area (Å²) in [6.45, 7) is 16.2. The Kier molecular flexibility index (Phi) is 21.0. The van der Waals surface area contributed by atoms with Gasteiger partial charge in [0.15, 0.2) is 0 Å². The molecular formula is C66H78O6. The SMILES string of the molecule is CCOc1ccc(CCc2c(CCc3ccc(OCC)cc3)c(CCc3ccc(OCC)cc3)c(CCc3ccc(OCC)cc3)c(CCc3ccc(OCC)cc3)c2CCc2ccc(OCC)cc2)cc1. The Balaban J connectivity index is 1.42. The van der Waals surface area contributed by atoms with E-state index in [-0.39, 0.29) is 0 Å². The summed E-state index contributed by atoms with van der Waals surface area (Å²) in [4.78, 5) is 0. The van der Waals surface area contributed by atoms with E-state index in [2.05, 4.69) is 146 Å². The number of hydrogen-bond acceptors (Lipinski definition) is 6. The lowest BCUT2D eigenvalue weighted by atomic mass is 9.76. The molecule has 0 aliphatic rings. The maximum absolute atomic E-state index is 5.90. The summed E-state index contributed by atoms with van der Waals surface area (Å²) < 4.78 is 35.4. The summed E-state index contributed by atoms with van der Waals surface area (Å²) in [6.07, 6.45) is 11.2. The molecule has 0 aromatic heterocycles. The fourth-order valence-corrected chi connectivity index (χ4v) is 10.0. The Morgan fingerprint density at radius 1 is 0.181 bits per heavy atom. The maximum atomic E-state index is 5.90. The molecular weight excluding hydrogens is 889 g/mol. The number of aryl methyl sites for hydroxylation is 6. The summed E-state index contributed by atoms with van der Waals surface area (Å²) in [7, 11) is 0. The fourth-order valence-electron chi connectivity index (χ4n) is 10.0. The van der Waals surface area contributed by atoms with Gasteiger partial charge >= 0.3 is 0 Å². The van der Waals surface area contributed by atoms with Crippen molar-refractivity contribution in [3.63, 3.8) is 0 Å². The van der Waals surface area contributed by atoms with E-state index in [0.29, 0.717) is 39.6 Å². The van der Waals surface area contributed by atoms with Gasteiger partial charge in [0.05, 0.1) is 39.6 Å². The first-order chi connectivity index (χ1) is 35.4. The van der Waals surface area contributed by atoms with Gasteiger partial charge in [-0.1, -0.05) is 72.8 Å². The largest absolute Gasteiger partial charge is 0.494 e. The highest BCUT2D eigenvalue weighted by atomic mass is 16.5. The highest BCUT2D eigenvalue weighted by Gasteiger charge is 2.24. The van der Waals surface area contributed by atoms with Crippen molar-refractivity contribution in [1.29, 1.82) is 0 Å². The molecule has 0 N–H and O–H groups in total. The lowest BCUT2D eigenvalue weighted by Crippen LogP contribution is -2.18. The van der Waals surface area contributed by atoms with Crippen LogP contribution in [-0.4, -0.2) is 39.6 Å². The topological polar surface area (TPSA) is 55.4 Å². The number of ether oxygens (including phenoxy) is 6. The molecule has 6 nitrogen and oxygen atoms in total. The van der Waals surface area contributed by atoms with Crippen LogP contribution in [0.4, 0.5) is 0 Å². The van der Waals surface area contributed by atoms with Crippen molar-refractivity contribution in [1.82, 2.24) is 0 Å². The van der Waals surface area contributed by atoms with E-state index in [1.54, 1.807) is 0 Å². The lowest BCUT2D eigenvalue weighted by Gasteiger charge is -2.28. The van der Waals surface area contributed by atoms with Crippen LogP contribution in [0.2, 0.25) is 0 Å². The molecule has 0 saturated heterocycles. The van der Waals surface area contributed by atoms with E-state index in [9.17, 15) is 0 Å². The van der Waals surface area contributed by atoms with Crippen molar-refractivity contribution in [3.8, 4) is 34.5 Å². The van der Waals surface area contributed by atoms with E-state index in [0.717, 1.165) is 112 Å². The van der Waals surface area contributed by atoms with Crippen LogP contribution in [-0.2, 0) is 77.0 Å². The molecule has 0 spiro atoms. The van der Waals surface area contributed by atoms with Crippen molar-refractivity contribution in [2.75, 3.05) is 39.6 Å². The molecule has 0 bridgehead atoms. The summed E-state index contributed by atoms with van der Waals surface area (Å²) in [5, 5.41) is 0. The number of hydrogen-bond donors (Lipinski definition) is 0. The Morgan fingerprint density at radius 2 is 0.306 bits per heavy atom. The maximum Gasteiger partial charge on any atom is 0.119 e. The van der Waals surface area contributed by atoms with Crippen LogP contribution in [0, 0.1) is 0 Å². The van der Waals surface area contributed by atoms with Crippen molar-refractivity contribution in [2.24, 2.45) is 0 Å². The summed E-state index contributed by atoms with van der Waals surface area (Å²) in [6, 6.07) is 52.7. The van der Waals surface area contributed by atoms with Crippen LogP contribution >= 0.6 is 0 Å². The smallest absolute Gasteiger partial charge is 0.119 e. The molecule has 378 valence electrons. The van der Waals surface area contributed by atoms with Crippen molar-refractivity contribution in [3.05, 3.63) is 212 Å². The van der Waals surface area contributed by atoms with Gasteiger partial charge in [-0.3, -0.25) is 0 Å². The second-order valence-electron chi connectivity index (χ2n) is 18.3. The monoisotopic (exact) mass is 967 g/mol.